The third-order valence-electron chi connectivity index (χ3n) is 6.71. The molecule has 32 heavy (non-hydrogen) atoms. The van der Waals surface area contributed by atoms with Crippen LogP contribution in [0.3, 0.4) is 0 Å². The second-order valence-corrected chi connectivity index (χ2v) is 10.4. The van der Waals surface area contributed by atoms with Crippen LogP contribution in [0.15, 0.2) is 66.9 Å². The van der Waals surface area contributed by atoms with E-state index in [2.05, 4.69) is 106 Å². The highest BCUT2D eigenvalue weighted by molar-refractivity contribution is 6.13. The van der Waals surface area contributed by atoms with Crippen LogP contribution in [-0.4, -0.2) is 0 Å². The number of pyridine rings is 1. The summed E-state index contributed by atoms with van der Waals surface area (Å²) in [7, 11) is 2.14. The molecule has 0 fully saturated rings. The molecule has 0 amide bonds. The van der Waals surface area contributed by atoms with Crippen molar-refractivity contribution in [2.45, 2.75) is 34.1 Å². The second kappa shape index (κ2) is 6.56. The average Bonchev–Trinajstić information content (AvgIpc) is 2.74. The van der Waals surface area contributed by atoms with E-state index in [9.17, 15) is 0 Å². The van der Waals surface area contributed by atoms with Crippen molar-refractivity contribution in [1.29, 1.82) is 0 Å². The molecule has 0 aliphatic carbocycles. The van der Waals surface area contributed by atoms with E-state index in [1.807, 2.05) is 0 Å². The molecule has 0 atom stereocenters. The van der Waals surface area contributed by atoms with Crippen LogP contribution in [0.25, 0.3) is 43.6 Å². The molecule has 0 bridgehead atoms. The molecule has 2 heterocycles. The number of aromatic nitrogens is 1. The number of hydrogen-bond acceptors (Lipinski definition) is 1. The zero-order valence-corrected chi connectivity index (χ0v) is 19.4. The van der Waals surface area contributed by atoms with Crippen LogP contribution < -0.4 is 9.30 Å². The Morgan fingerprint density at radius 3 is 2.47 bits per heavy atom. The van der Waals surface area contributed by atoms with Gasteiger partial charge < -0.3 is 4.74 Å². The first-order valence-electron chi connectivity index (χ1n) is 11.4. The standard InChI is InChI=1S/C30H28NO/c1-18-23-9-7-6-8-20(23)16-25-26(18)28-27-21(12-13-31(28)5)15-22-14-19(17-30(2,3)4)10-11-24(22)29(27)32-25/h6-16H,17H2,1-5H3/q+1. The molecule has 2 heteroatoms. The largest absolute Gasteiger partial charge is 0.455 e. The highest BCUT2D eigenvalue weighted by atomic mass is 16.5. The Kier molecular flexibility index (Phi) is 3.96. The molecule has 0 N–H and O–H groups in total. The molecule has 1 aliphatic heterocycles. The molecule has 0 saturated heterocycles. The molecule has 0 unspecified atom stereocenters. The van der Waals surface area contributed by atoms with E-state index >= 15 is 0 Å². The van der Waals surface area contributed by atoms with Crippen molar-refractivity contribution in [3.05, 3.63) is 78.0 Å². The van der Waals surface area contributed by atoms with Gasteiger partial charge in [0.15, 0.2) is 6.20 Å². The normalized spacial score (nSPS) is 12.9. The Balaban J connectivity index is 1.70. The Labute approximate surface area is 189 Å². The number of hydrogen-bond donors (Lipinski definition) is 0. The summed E-state index contributed by atoms with van der Waals surface area (Å²) in [5.41, 5.74) is 5.34. The van der Waals surface area contributed by atoms with E-state index in [4.69, 9.17) is 4.74 Å². The molecule has 5 aromatic rings. The van der Waals surface area contributed by atoms with Gasteiger partial charge in [0.05, 0.1) is 10.9 Å². The van der Waals surface area contributed by atoms with Crippen LogP contribution in [-0.2, 0) is 13.5 Å². The van der Waals surface area contributed by atoms with E-state index in [1.54, 1.807) is 0 Å². The zero-order valence-electron chi connectivity index (χ0n) is 19.4. The Bertz CT molecular complexity index is 1570. The van der Waals surface area contributed by atoms with Gasteiger partial charge >= 0.3 is 0 Å². The lowest BCUT2D eigenvalue weighted by Gasteiger charge is -2.24. The van der Waals surface area contributed by atoms with Crippen LogP contribution in [0.5, 0.6) is 11.5 Å². The zero-order chi connectivity index (χ0) is 22.2. The van der Waals surface area contributed by atoms with Crippen molar-refractivity contribution in [3.63, 3.8) is 0 Å². The molecule has 6 rings (SSSR count). The molecule has 0 spiro atoms. The topological polar surface area (TPSA) is 13.1 Å². The minimum Gasteiger partial charge on any atom is -0.455 e. The number of rotatable bonds is 1. The van der Waals surface area contributed by atoms with Crippen molar-refractivity contribution < 1.29 is 9.30 Å². The Morgan fingerprint density at radius 1 is 0.844 bits per heavy atom. The van der Waals surface area contributed by atoms with Crippen LogP contribution in [0.2, 0.25) is 0 Å². The molecule has 1 aliphatic rings. The van der Waals surface area contributed by atoms with Gasteiger partial charge in [-0.3, -0.25) is 0 Å². The summed E-state index contributed by atoms with van der Waals surface area (Å²) in [6, 6.07) is 22.2. The lowest BCUT2D eigenvalue weighted by molar-refractivity contribution is -0.659. The van der Waals surface area contributed by atoms with Crippen LogP contribution >= 0.6 is 0 Å². The summed E-state index contributed by atoms with van der Waals surface area (Å²) < 4.78 is 8.98. The third kappa shape index (κ3) is 2.82. The van der Waals surface area contributed by atoms with Gasteiger partial charge in [0.1, 0.15) is 18.5 Å². The fourth-order valence-electron chi connectivity index (χ4n) is 5.37. The summed E-state index contributed by atoms with van der Waals surface area (Å²) in [5.74, 6) is 1.93. The maximum atomic E-state index is 6.73. The van der Waals surface area contributed by atoms with Crippen molar-refractivity contribution in [2.75, 3.05) is 0 Å². The molecule has 2 nitrogen and oxygen atoms in total. The molecular weight excluding hydrogens is 390 g/mol. The van der Waals surface area contributed by atoms with Gasteiger partial charge in [0.25, 0.3) is 0 Å². The maximum absolute atomic E-state index is 6.73. The summed E-state index contributed by atoms with van der Waals surface area (Å²) >= 11 is 0. The highest BCUT2D eigenvalue weighted by Gasteiger charge is 2.31. The summed E-state index contributed by atoms with van der Waals surface area (Å²) in [6.07, 6.45) is 3.23. The molecule has 1 aromatic heterocycles. The summed E-state index contributed by atoms with van der Waals surface area (Å²) in [4.78, 5) is 0. The highest BCUT2D eigenvalue weighted by Crippen LogP contribution is 2.50. The van der Waals surface area contributed by atoms with E-state index in [0.29, 0.717) is 0 Å². The molecule has 158 valence electrons. The average molecular weight is 419 g/mol. The van der Waals surface area contributed by atoms with Crippen molar-refractivity contribution >= 4 is 32.3 Å². The first-order valence-corrected chi connectivity index (χ1v) is 11.4. The third-order valence-corrected chi connectivity index (χ3v) is 6.71. The second-order valence-electron chi connectivity index (χ2n) is 10.4. The predicted octanol–water partition coefficient (Wildman–Crippen LogP) is 7.64. The van der Waals surface area contributed by atoms with Crippen LogP contribution in [0.1, 0.15) is 31.9 Å². The fourth-order valence-corrected chi connectivity index (χ4v) is 5.37. The van der Waals surface area contributed by atoms with Gasteiger partial charge in [0.2, 0.25) is 5.69 Å². The number of fused-ring (bicyclic) bond motifs is 5. The lowest BCUT2D eigenvalue weighted by atomic mass is 9.86. The first kappa shape index (κ1) is 19.3. The van der Waals surface area contributed by atoms with E-state index < -0.39 is 0 Å². The van der Waals surface area contributed by atoms with E-state index in [0.717, 1.165) is 17.9 Å². The van der Waals surface area contributed by atoms with E-state index in [-0.39, 0.29) is 5.41 Å². The molecule has 0 radical (unpaired) electrons. The van der Waals surface area contributed by atoms with Crippen LogP contribution in [0.4, 0.5) is 0 Å². The number of nitrogens with zero attached hydrogens (tertiary/aromatic N) is 1. The quantitative estimate of drug-likeness (QED) is 0.197. The minimum absolute atomic E-state index is 0.258. The van der Waals surface area contributed by atoms with Crippen molar-refractivity contribution in [3.8, 4) is 22.8 Å². The van der Waals surface area contributed by atoms with Crippen molar-refractivity contribution in [2.24, 2.45) is 12.5 Å². The van der Waals surface area contributed by atoms with Gasteiger partial charge in [-0.05, 0) is 63.6 Å². The van der Waals surface area contributed by atoms with E-state index in [1.165, 1.54) is 54.7 Å². The smallest absolute Gasteiger partial charge is 0.228 e. The number of ether oxygens (including phenoxy) is 1. The molecular formula is C30H28NO+. The molecule has 4 aromatic carbocycles. The predicted molar refractivity (Wildman–Crippen MR) is 134 cm³/mol. The monoisotopic (exact) mass is 418 g/mol. The van der Waals surface area contributed by atoms with Crippen LogP contribution in [0, 0.1) is 12.3 Å². The molecule has 0 saturated carbocycles. The number of aryl methyl sites for hydroxylation is 2. The van der Waals surface area contributed by atoms with Gasteiger partial charge in [0, 0.05) is 11.5 Å². The van der Waals surface area contributed by atoms with Gasteiger partial charge in [-0.1, -0.05) is 63.2 Å². The van der Waals surface area contributed by atoms with Gasteiger partial charge in [-0.15, -0.1) is 0 Å². The summed E-state index contributed by atoms with van der Waals surface area (Å²) in [5, 5.41) is 7.36. The first-order chi connectivity index (χ1) is 15.3. The van der Waals surface area contributed by atoms with Gasteiger partial charge in [-0.25, -0.2) is 4.57 Å². The SMILES string of the molecule is Cc1c2c(cc3ccccc13)Oc1c3ccc(CC(C)(C)C)cc3cc3cc[n+](C)c-2c13. The lowest BCUT2D eigenvalue weighted by Crippen LogP contribution is -2.31. The van der Waals surface area contributed by atoms with Gasteiger partial charge in [-0.2, -0.15) is 0 Å². The maximum Gasteiger partial charge on any atom is 0.228 e. The summed E-state index contributed by atoms with van der Waals surface area (Å²) in [6.45, 7) is 9.09. The Morgan fingerprint density at radius 2 is 1.66 bits per heavy atom. The Hall–Kier alpha value is -3.39. The number of benzene rings is 4. The van der Waals surface area contributed by atoms with Crippen molar-refractivity contribution in [1.82, 2.24) is 0 Å². The fraction of sp³-hybridized carbons (Fsp3) is 0.233. The minimum atomic E-state index is 0.258.